The molecule has 0 N–H and O–H groups in total. The SMILES string of the molecule is COc1ccc(CC(C(=O)OC2CCN3CCC2CC3)c2ccccc2)cc1. The summed E-state index contributed by atoms with van der Waals surface area (Å²) in [5, 5.41) is 0. The van der Waals surface area contributed by atoms with Gasteiger partial charge in [-0.1, -0.05) is 42.5 Å². The summed E-state index contributed by atoms with van der Waals surface area (Å²) in [5.74, 6) is 0.967. The molecule has 28 heavy (non-hydrogen) atoms. The van der Waals surface area contributed by atoms with E-state index >= 15 is 0 Å². The summed E-state index contributed by atoms with van der Waals surface area (Å²) in [6.45, 7) is 3.34. The fourth-order valence-corrected chi connectivity index (χ4v) is 4.50. The van der Waals surface area contributed by atoms with Crippen LogP contribution in [0, 0.1) is 5.92 Å². The Balaban J connectivity index is 1.51. The molecule has 0 aromatic heterocycles. The molecule has 5 rings (SSSR count). The summed E-state index contributed by atoms with van der Waals surface area (Å²) in [5.41, 5.74) is 2.13. The van der Waals surface area contributed by atoms with Gasteiger partial charge in [0.1, 0.15) is 11.9 Å². The Morgan fingerprint density at radius 1 is 1.00 bits per heavy atom. The number of carbonyl (C=O) groups is 1. The third-order valence-corrected chi connectivity index (χ3v) is 6.24. The van der Waals surface area contributed by atoms with E-state index in [-0.39, 0.29) is 18.0 Å². The lowest BCUT2D eigenvalue weighted by atomic mass is 9.90. The van der Waals surface area contributed by atoms with Gasteiger partial charge in [-0.05, 0) is 68.0 Å². The maximum Gasteiger partial charge on any atom is 0.314 e. The van der Waals surface area contributed by atoms with Gasteiger partial charge in [-0.3, -0.25) is 4.79 Å². The molecule has 3 saturated heterocycles. The van der Waals surface area contributed by atoms with Crippen LogP contribution >= 0.6 is 0 Å². The summed E-state index contributed by atoms with van der Waals surface area (Å²) in [7, 11) is 1.66. The Bertz CT molecular complexity index is 766. The zero-order chi connectivity index (χ0) is 19.3. The van der Waals surface area contributed by atoms with E-state index in [1.165, 1.54) is 0 Å². The number of rotatable bonds is 6. The van der Waals surface area contributed by atoms with Crippen LogP contribution in [-0.4, -0.2) is 43.7 Å². The predicted molar refractivity (Wildman–Crippen MR) is 110 cm³/mol. The van der Waals surface area contributed by atoms with Gasteiger partial charge in [0.2, 0.25) is 0 Å². The van der Waals surface area contributed by atoms with Crippen molar-refractivity contribution in [2.24, 2.45) is 5.92 Å². The third-order valence-electron chi connectivity index (χ3n) is 6.24. The molecule has 3 fully saturated rings. The van der Waals surface area contributed by atoms with Crippen LogP contribution in [0.25, 0.3) is 0 Å². The number of benzene rings is 2. The Kier molecular flexibility index (Phi) is 5.96. The van der Waals surface area contributed by atoms with Gasteiger partial charge >= 0.3 is 5.97 Å². The summed E-state index contributed by atoms with van der Waals surface area (Å²) >= 11 is 0. The summed E-state index contributed by atoms with van der Waals surface area (Å²) in [6.07, 6.45) is 3.94. The van der Waals surface area contributed by atoms with Crippen molar-refractivity contribution in [3.63, 3.8) is 0 Å². The van der Waals surface area contributed by atoms with Crippen LogP contribution in [0.2, 0.25) is 0 Å². The van der Waals surface area contributed by atoms with Gasteiger partial charge in [0.25, 0.3) is 0 Å². The van der Waals surface area contributed by atoms with E-state index in [0.29, 0.717) is 12.3 Å². The smallest absolute Gasteiger partial charge is 0.314 e. The summed E-state index contributed by atoms with van der Waals surface area (Å²) < 4.78 is 11.4. The van der Waals surface area contributed by atoms with Crippen molar-refractivity contribution in [1.29, 1.82) is 0 Å². The normalized spacial score (nSPS) is 25.0. The number of piperidine rings is 1. The molecule has 2 aromatic carbocycles. The lowest BCUT2D eigenvalue weighted by Crippen LogP contribution is -2.33. The van der Waals surface area contributed by atoms with Gasteiger partial charge in [0.15, 0.2) is 0 Å². The first-order valence-corrected chi connectivity index (χ1v) is 10.3. The zero-order valence-corrected chi connectivity index (χ0v) is 16.5. The molecule has 0 spiro atoms. The van der Waals surface area contributed by atoms with E-state index in [2.05, 4.69) is 4.90 Å². The van der Waals surface area contributed by atoms with Crippen LogP contribution in [0.1, 0.15) is 36.3 Å². The molecule has 2 unspecified atom stereocenters. The molecule has 3 aliphatic rings. The van der Waals surface area contributed by atoms with Crippen LogP contribution in [0.3, 0.4) is 0 Å². The Morgan fingerprint density at radius 2 is 1.68 bits per heavy atom. The Morgan fingerprint density at radius 3 is 2.36 bits per heavy atom. The van der Waals surface area contributed by atoms with Gasteiger partial charge in [-0.15, -0.1) is 0 Å². The van der Waals surface area contributed by atoms with Crippen LogP contribution in [0.4, 0.5) is 0 Å². The number of esters is 1. The fourth-order valence-electron chi connectivity index (χ4n) is 4.50. The van der Waals surface area contributed by atoms with Crippen molar-refractivity contribution in [1.82, 2.24) is 4.90 Å². The van der Waals surface area contributed by atoms with Gasteiger partial charge in [-0.25, -0.2) is 0 Å². The largest absolute Gasteiger partial charge is 0.497 e. The van der Waals surface area contributed by atoms with Crippen molar-refractivity contribution in [3.8, 4) is 5.75 Å². The molecule has 4 nitrogen and oxygen atoms in total. The summed E-state index contributed by atoms with van der Waals surface area (Å²) in [4.78, 5) is 15.8. The minimum Gasteiger partial charge on any atom is -0.497 e. The van der Waals surface area contributed by atoms with Gasteiger partial charge in [0, 0.05) is 6.54 Å². The Labute approximate surface area is 167 Å². The van der Waals surface area contributed by atoms with E-state index in [9.17, 15) is 4.79 Å². The zero-order valence-electron chi connectivity index (χ0n) is 16.5. The maximum absolute atomic E-state index is 13.3. The average Bonchev–Trinajstić information content (AvgIpc) is 3.06. The highest BCUT2D eigenvalue weighted by atomic mass is 16.5. The number of ether oxygens (including phenoxy) is 2. The van der Waals surface area contributed by atoms with Gasteiger partial charge in [-0.2, -0.15) is 0 Å². The molecule has 2 atom stereocenters. The number of methoxy groups -OCH3 is 1. The molecule has 0 amide bonds. The van der Waals surface area contributed by atoms with Crippen LogP contribution in [0.5, 0.6) is 5.75 Å². The highest BCUT2D eigenvalue weighted by molar-refractivity contribution is 5.78. The van der Waals surface area contributed by atoms with E-state index in [4.69, 9.17) is 9.47 Å². The van der Waals surface area contributed by atoms with E-state index in [1.807, 2.05) is 54.6 Å². The maximum atomic E-state index is 13.3. The second kappa shape index (κ2) is 8.78. The predicted octanol–water partition coefficient (Wildman–Crippen LogP) is 4.05. The Hall–Kier alpha value is -2.33. The minimum atomic E-state index is -0.282. The molecular weight excluding hydrogens is 350 g/mol. The standard InChI is InChI=1S/C24H29NO3/c1-27-21-9-7-18(8-10-21)17-22(19-5-3-2-4-6-19)24(26)28-23-13-16-25-14-11-20(23)12-15-25/h2-10,20,22-23H,11-17H2,1H3. The molecular formula is C24H29NO3. The summed E-state index contributed by atoms with van der Waals surface area (Å²) in [6, 6.07) is 18.0. The number of carbonyl (C=O) groups excluding carboxylic acids is 1. The van der Waals surface area contributed by atoms with Gasteiger partial charge < -0.3 is 14.4 Å². The molecule has 3 aliphatic heterocycles. The molecule has 0 aliphatic carbocycles. The lowest BCUT2D eigenvalue weighted by molar-refractivity contribution is -0.154. The van der Waals surface area contributed by atoms with Crippen LogP contribution in [-0.2, 0) is 16.0 Å². The number of fused-ring (bicyclic) bond motifs is 4. The van der Waals surface area contributed by atoms with Crippen LogP contribution < -0.4 is 4.74 Å². The first-order valence-electron chi connectivity index (χ1n) is 10.3. The third kappa shape index (κ3) is 4.39. The number of nitrogens with zero attached hydrogens (tertiary/aromatic N) is 1. The first kappa shape index (κ1) is 19.0. The topological polar surface area (TPSA) is 38.8 Å². The molecule has 4 heteroatoms. The van der Waals surface area contributed by atoms with Crippen molar-refractivity contribution in [2.45, 2.75) is 37.7 Å². The molecule has 148 valence electrons. The first-order chi connectivity index (χ1) is 13.7. The molecule has 2 bridgehead atoms. The highest BCUT2D eigenvalue weighted by Gasteiger charge is 2.35. The van der Waals surface area contributed by atoms with Crippen molar-refractivity contribution < 1.29 is 14.3 Å². The number of hydrogen-bond donors (Lipinski definition) is 0. The monoisotopic (exact) mass is 379 g/mol. The second-order valence-electron chi connectivity index (χ2n) is 7.96. The average molecular weight is 380 g/mol. The van der Waals surface area contributed by atoms with Gasteiger partial charge in [0.05, 0.1) is 13.0 Å². The quantitative estimate of drug-likeness (QED) is 0.710. The van der Waals surface area contributed by atoms with Crippen molar-refractivity contribution in [2.75, 3.05) is 26.7 Å². The second-order valence-corrected chi connectivity index (χ2v) is 7.96. The number of hydrogen-bond acceptors (Lipinski definition) is 4. The van der Waals surface area contributed by atoms with E-state index in [0.717, 1.165) is 55.8 Å². The molecule has 0 radical (unpaired) electrons. The minimum absolute atomic E-state index is 0.0575. The molecule has 3 heterocycles. The van der Waals surface area contributed by atoms with E-state index < -0.39 is 0 Å². The highest BCUT2D eigenvalue weighted by Crippen LogP contribution is 2.31. The lowest BCUT2D eigenvalue weighted by Gasteiger charge is -2.29. The van der Waals surface area contributed by atoms with Crippen LogP contribution in [0.15, 0.2) is 54.6 Å². The van der Waals surface area contributed by atoms with Crippen molar-refractivity contribution >= 4 is 5.97 Å². The van der Waals surface area contributed by atoms with E-state index in [1.54, 1.807) is 7.11 Å². The molecule has 2 aromatic rings. The van der Waals surface area contributed by atoms with Crippen molar-refractivity contribution in [3.05, 3.63) is 65.7 Å². The molecule has 0 saturated carbocycles. The fraction of sp³-hybridized carbons (Fsp3) is 0.458.